The molecular formula is C22H24O. The first-order valence-corrected chi connectivity index (χ1v) is 8.80. The first-order valence-electron chi connectivity index (χ1n) is 8.80. The minimum absolute atomic E-state index is 0.147. The van der Waals surface area contributed by atoms with Gasteiger partial charge in [0.1, 0.15) is 5.78 Å². The molecule has 2 unspecified atom stereocenters. The predicted octanol–water partition coefficient (Wildman–Crippen LogP) is 5.76. The Bertz CT molecular complexity index is 842. The van der Waals surface area contributed by atoms with Crippen molar-refractivity contribution < 1.29 is 4.79 Å². The summed E-state index contributed by atoms with van der Waals surface area (Å²) in [6.45, 7) is 6.46. The van der Waals surface area contributed by atoms with Crippen LogP contribution in [0, 0.1) is 0 Å². The average molecular weight is 304 g/mol. The normalized spacial score (nSPS) is 24.3. The second-order valence-corrected chi connectivity index (χ2v) is 7.52. The molecule has 2 aliphatic carbocycles. The van der Waals surface area contributed by atoms with Crippen LogP contribution in [0.15, 0.2) is 36.4 Å². The number of benzene rings is 2. The average Bonchev–Trinajstić information content (AvgIpc) is 2.94. The van der Waals surface area contributed by atoms with Crippen molar-refractivity contribution in [2.24, 2.45) is 0 Å². The van der Waals surface area contributed by atoms with Crippen LogP contribution in [-0.4, -0.2) is 5.78 Å². The lowest BCUT2D eigenvalue weighted by atomic mass is 9.78. The number of ketones is 1. The van der Waals surface area contributed by atoms with E-state index < -0.39 is 0 Å². The molecule has 0 aliphatic heterocycles. The van der Waals surface area contributed by atoms with E-state index in [1.807, 2.05) is 0 Å². The summed E-state index contributed by atoms with van der Waals surface area (Å²) in [7, 11) is 0. The fraction of sp³-hybridized carbons (Fsp3) is 0.409. The molecule has 2 atom stereocenters. The molecule has 0 amide bonds. The van der Waals surface area contributed by atoms with Gasteiger partial charge < -0.3 is 4.79 Å². The molecule has 0 saturated heterocycles. The van der Waals surface area contributed by atoms with E-state index in [0.29, 0.717) is 11.7 Å². The zero-order valence-electron chi connectivity index (χ0n) is 14.3. The van der Waals surface area contributed by atoms with Crippen molar-refractivity contribution in [3.05, 3.63) is 53.1 Å². The van der Waals surface area contributed by atoms with Crippen molar-refractivity contribution >= 4 is 22.1 Å². The quantitative estimate of drug-likeness (QED) is 0.642. The van der Waals surface area contributed by atoms with Gasteiger partial charge in [-0.3, -0.25) is 0 Å². The Hall–Kier alpha value is -1.89. The highest BCUT2D eigenvalue weighted by atomic mass is 16.1. The van der Waals surface area contributed by atoms with Crippen molar-refractivity contribution in [2.45, 2.75) is 57.8 Å². The van der Waals surface area contributed by atoms with E-state index in [1.165, 1.54) is 27.5 Å². The summed E-state index contributed by atoms with van der Waals surface area (Å²) in [5.41, 5.74) is 6.16. The molecule has 23 heavy (non-hydrogen) atoms. The minimum Gasteiger partial charge on any atom is -0.300 e. The molecule has 0 spiro atoms. The lowest BCUT2D eigenvalue weighted by molar-refractivity contribution is -0.117. The Kier molecular flexibility index (Phi) is 3.23. The molecule has 0 aromatic heterocycles. The maximum absolute atomic E-state index is 11.1. The van der Waals surface area contributed by atoms with Gasteiger partial charge in [-0.05, 0) is 65.1 Å². The van der Waals surface area contributed by atoms with Gasteiger partial charge in [-0.1, -0.05) is 50.3 Å². The van der Waals surface area contributed by atoms with Gasteiger partial charge >= 0.3 is 0 Å². The number of rotatable bonds is 5. The van der Waals surface area contributed by atoms with Gasteiger partial charge in [-0.15, -0.1) is 0 Å². The second kappa shape index (κ2) is 5.06. The summed E-state index contributed by atoms with van der Waals surface area (Å²) in [6.07, 6.45) is 6.45. The summed E-state index contributed by atoms with van der Waals surface area (Å²) in [6, 6.07) is 11.3. The SMILES string of the molecule is CC(=O)CCCCC1=CC2(C)c3c1ccc1cccc(c31)C2C. The van der Waals surface area contributed by atoms with Crippen LogP contribution in [0.2, 0.25) is 0 Å². The monoisotopic (exact) mass is 304 g/mol. The molecular weight excluding hydrogens is 280 g/mol. The van der Waals surface area contributed by atoms with E-state index in [0.717, 1.165) is 25.7 Å². The molecule has 0 N–H and O–H groups in total. The van der Waals surface area contributed by atoms with Crippen LogP contribution in [-0.2, 0) is 10.2 Å². The molecule has 2 aliphatic rings. The Morgan fingerprint density at radius 2 is 2.00 bits per heavy atom. The maximum Gasteiger partial charge on any atom is 0.129 e. The molecule has 118 valence electrons. The molecule has 2 aromatic carbocycles. The summed E-state index contributed by atoms with van der Waals surface area (Å²) in [4.78, 5) is 11.1. The Labute approximate surface area is 138 Å². The number of carbonyl (C=O) groups excluding carboxylic acids is 1. The maximum atomic E-state index is 11.1. The summed E-state index contributed by atoms with van der Waals surface area (Å²) in [5, 5.41) is 2.87. The zero-order chi connectivity index (χ0) is 16.2. The summed E-state index contributed by atoms with van der Waals surface area (Å²) >= 11 is 0. The topological polar surface area (TPSA) is 17.1 Å². The van der Waals surface area contributed by atoms with Crippen molar-refractivity contribution in [2.75, 3.05) is 0 Å². The smallest absolute Gasteiger partial charge is 0.129 e. The second-order valence-electron chi connectivity index (χ2n) is 7.52. The van der Waals surface area contributed by atoms with Crippen LogP contribution in [0.4, 0.5) is 0 Å². The summed E-state index contributed by atoms with van der Waals surface area (Å²) in [5.74, 6) is 0.845. The zero-order valence-corrected chi connectivity index (χ0v) is 14.3. The van der Waals surface area contributed by atoms with Crippen molar-refractivity contribution in [3.8, 4) is 0 Å². The van der Waals surface area contributed by atoms with Crippen LogP contribution >= 0.6 is 0 Å². The van der Waals surface area contributed by atoms with Gasteiger partial charge in [0.15, 0.2) is 0 Å². The van der Waals surface area contributed by atoms with Crippen LogP contribution in [0.5, 0.6) is 0 Å². The first kappa shape index (κ1) is 14.7. The highest BCUT2D eigenvalue weighted by molar-refractivity contribution is 6.00. The van der Waals surface area contributed by atoms with Gasteiger partial charge in [-0.25, -0.2) is 0 Å². The Balaban J connectivity index is 1.72. The van der Waals surface area contributed by atoms with E-state index >= 15 is 0 Å². The number of carbonyl (C=O) groups is 1. The summed E-state index contributed by atoms with van der Waals surface area (Å²) < 4.78 is 0. The Morgan fingerprint density at radius 1 is 1.17 bits per heavy atom. The molecule has 1 heteroatoms. The third-order valence-corrected chi connectivity index (χ3v) is 6.03. The fourth-order valence-electron chi connectivity index (χ4n) is 4.67. The standard InChI is InChI=1S/C22H24O/c1-14(23)7-4-5-8-17-13-22(3)15(2)18-10-6-9-16-11-12-19(17)21(22)20(16)18/h6,9-13,15H,4-5,7-8H2,1-3H3. The van der Waals surface area contributed by atoms with Gasteiger partial charge in [0.25, 0.3) is 0 Å². The molecule has 2 aromatic rings. The number of Topliss-reactive ketones (excluding diaryl/α,β-unsaturated/α-hetero) is 1. The number of hydrogen-bond donors (Lipinski definition) is 0. The van der Waals surface area contributed by atoms with Gasteiger partial charge in [0, 0.05) is 11.8 Å². The fourth-order valence-corrected chi connectivity index (χ4v) is 4.67. The third kappa shape index (κ3) is 2.02. The molecule has 0 fully saturated rings. The highest BCUT2D eigenvalue weighted by Crippen LogP contribution is 2.58. The van der Waals surface area contributed by atoms with Crippen molar-refractivity contribution in [1.82, 2.24) is 0 Å². The van der Waals surface area contributed by atoms with Gasteiger partial charge in [-0.2, -0.15) is 0 Å². The molecule has 1 nitrogen and oxygen atoms in total. The number of allylic oxidation sites excluding steroid dienone is 2. The molecule has 0 bridgehead atoms. The van der Waals surface area contributed by atoms with Crippen LogP contribution in [0.1, 0.15) is 69.1 Å². The first-order chi connectivity index (χ1) is 11.0. The van der Waals surface area contributed by atoms with Crippen LogP contribution < -0.4 is 0 Å². The van der Waals surface area contributed by atoms with Gasteiger partial charge in [0.05, 0.1) is 0 Å². The van der Waals surface area contributed by atoms with Crippen molar-refractivity contribution in [3.63, 3.8) is 0 Å². The molecule has 4 rings (SSSR count). The largest absolute Gasteiger partial charge is 0.300 e. The van der Waals surface area contributed by atoms with Crippen molar-refractivity contribution in [1.29, 1.82) is 0 Å². The number of hydrogen-bond acceptors (Lipinski definition) is 1. The van der Waals surface area contributed by atoms with E-state index in [-0.39, 0.29) is 5.41 Å². The Morgan fingerprint density at radius 3 is 2.78 bits per heavy atom. The van der Waals surface area contributed by atoms with Crippen LogP contribution in [0.3, 0.4) is 0 Å². The molecule has 0 saturated carbocycles. The van der Waals surface area contributed by atoms with E-state index in [4.69, 9.17) is 0 Å². The van der Waals surface area contributed by atoms with E-state index in [9.17, 15) is 4.79 Å². The highest BCUT2D eigenvalue weighted by Gasteiger charge is 2.45. The molecule has 0 heterocycles. The number of unbranched alkanes of at least 4 members (excludes halogenated alkanes) is 1. The van der Waals surface area contributed by atoms with Gasteiger partial charge in [0.2, 0.25) is 0 Å². The lowest BCUT2D eigenvalue weighted by Crippen LogP contribution is -2.19. The van der Waals surface area contributed by atoms with Crippen LogP contribution in [0.25, 0.3) is 16.3 Å². The predicted molar refractivity (Wildman–Crippen MR) is 96.8 cm³/mol. The van der Waals surface area contributed by atoms with E-state index in [2.05, 4.69) is 50.3 Å². The minimum atomic E-state index is 0.147. The molecule has 0 radical (unpaired) electrons. The lowest BCUT2D eigenvalue weighted by Gasteiger charge is -2.25. The van der Waals surface area contributed by atoms with E-state index in [1.54, 1.807) is 12.5 Å². The third-order valence-electron chi connectivity index (χ3n) is 6.03.